The van der Waals surface area contributed by atoms with Gasteiger partial charge in [-0.1, -0.05) is 13.8 Å². The minimum Gasteiger partial charge on any atom is -0.370 e. The average Bonchev–Trinajstić information content (AvgIpc) is 2.27. The molecule has 0 amide bonds. The van der Waals surface area contributed by atoms with Crippen LogP contribution in [0, 0.1) is 11.8 Å². The highest BCUT2D eigenvalue weighted by Gasteiger charge is 2.18. The minimum absolute atomic E-state index is 0.200. The monoisotopic (exact) mass is 212 g/mol. The van der Waals surface area contributed by atoms with E-state index >= 15 is 0 Å². The standard InChI is InChI=1S/C11H24N4/c1-9-3-5-15(8-10(2)7-9)6-4-14-11(12)13/h9-10H,3-8H2,1-2H3,(H4,12,13,14). The summed E-state index contributed by atoms with van der Waals surface area (Å²) in [6.45, 7) is 8.75. The molecule has 0 bridgehead atoms. The summed E-state index contributed by atoms with van der Waals surface area (Å²) in [6.07, 6.45) is 2.64. The Morgan fingerprint density at radius 3 is 2.73 bits per heavy atom. The molecule has 1 fully saturated rings. The van der Waals surface area contributed by atoms with E-state index in [-0.39, 0.29) is 5.96 Å². The fraction of sp³-hybridized carbons (Fsp3) is 0.909. The molecule has 4 N–H and O–H groups in total. The quantitative estimate of drug-likeness (QED) is 0.532. The average molecular weight is 212 g/mol. The molecular formula is C11H24N4. The molecule has 1 rings (SSSR count). The van der Waals surface area contributed by atoms with Gasteiger partial charge < -0.3 is 16.4 Å². The molecular weight excluding hydrogens is 188 g/mol. The predicted molar refractivity (Wildman–Crippen MR) is 64.7 cm³/mol. The largest absolute Gasteiger partial charge is 0.370 e. The molecule has 0 aliphatic carbocycles. The van der Waals surface area contributed by atoms with Gasteiger partial charge in [0.25, 0.3) is 0 Å². The third-order valence-electron chi connectivity index (χ3n) is 3.02. The molecule has 4 nitrogen and oxygen atoms in total. The van der Waals surface area contributed by atoms with Gasteiger partial charge in [0.05, 0.1) is 6.54 Å². The Labute approximate surface area is 92.7 Å². The molecule has 0 saturated carbocycles. The summed E-state index contributed by atoms with van der Waals surface area (Å²) >= 11 is 0. The van der Waals surface area contributed by atoms with Crippen LogP contribution in [0.15, 0.2) is 4.99 Å². The Hall–Kier alpha value is -0.770. The van der Waals surface area contributed by atoms with Gasteiger partial charge in [0.1, 0.15) is 0 Å². The number of hydrogen-bond donors (Lipinski definition) is 2. The Morgan fingerprint density at radius 2 is 2.07 bits per heavy atom. The van der Waals surface area contributed by atoms with Crippen molar-refractivity contribution >= 4 is 5.96 Å². The van der Waals surface area contributed by atoms with Crippen molar-refractivity contribution in [3.05, 3.63) is 0 Å². The summed E-state index contributed by atoms with van der Waals surface area (Å²) in [5.74, 6) is 1.85. The summed E-state index contributed by atoms with van der Waals surface area (Å²) in [4.78, 5) is 6.50. The molecule has 15 heavy (non-hydrogen) atoms. The number of hydrogen-bond acceptors (Lipinski definition) is 2. The van der Waals surface area contributed by atoms with Crippen molar-refractivity contribution in [3.63, 3.8) is 0 Å². The SMILES string of the molecule is CC1CCN(CCN=C(N)N)CC(C)C1. The molecule has 0 radical (unpaired) electrons. The Bertz CT molecular complexity index is 211. The van der Waals surface area contributed by atoms with Gasteiger partial charge in [0.2, 0.25) is 0 Å². The first-order chi connectivity index (χ1) is 7.08. The zero-order valence-electron chi connectivity index (χ0n) is 9.95. The van der Waals surface area contributed by atoms with E-state index in [1.807, 2.05) is 0 Å². The van der Waals surface area contributed by atoms with E-state index in [0.29, 0.717) is 0 Å². The second kappa shape index (κ2) is 5.95. The molecule has 1 heterocycles. The van der Waals surface area contributed by atoms with Gasteiger partial charge in [-0.3, -0.25) is 4.99 Å². The van der Waals surface area contributed by atoms with Gasteiger partial charge in [0.15, 0.2) is 5.96 Å². The lowest BCUT2D eigenvalue weighted by Gasteiger charge is -2.21. The zero-order valence-corrected chi connectivity index (χ0v) is 9.95. The van der Waals surface area contributed by atoms with Crippen molar-refractivity contribution in [2.24, 2.45) is 28.3 Å². The lowest BCUT2D eigenvalue weighted by Crippen LogP contribution is -2.31. The summed E-state index contributed by atoms with van der Waals surface area (Å²) in [5.41, 5.74) is 10.6. The van der Waals surface area contributed by atoms with Crippen LogP contribution >= 0.6 is 0 Å². The number of guanidine groups is 1. The van der Waals surface area contributed by atoms with Gasteiger partial charge in [-0.15, -0.1) is 0 Å². The summed E-state index contributed by atoms with van der Waals surface area (Å²) in [7, 11) is 0. The second-order valence-corrected chi connectivity index (χ2v) is 4.84. The molecule has 0 aromatic carbocycles. The van der Waals surface area contributed by atoms with Gasteiger partial charge in [0, 0.05) is 13.1 Å². The van der Waals surface area contributed by atoms with Gasteiger partial charge >= 0.3 is 0 Å². The third-order valence-corrected chi connectivity index (χ3v) is 3.02. The van der Waals surface area contributed by atoms with E-state index in [1.165, 1.54) is 25.9 Å². The van der Waals surface area contributed by atoms with Crippen LogP contribution in [-0.2, 0) is 0 Å². The highest BCUT2D eigenvalue weighted by molar-refractivity contribution is 5.75. The lowest BCUT2D eigenvalue weighted by atomic mass is 9.97. The van der Waals surface area contributed by atoms with Crippen LogP contribution in [-0.4, -0.2) is 37.0 Å². The molecule has 4 heteroatoms. The number of nitrogens with zero attached hydrogens (tertiary/aromatic N) is 2. The molecule has 0 aromatic rings. The number of rotatable bonds is 3. The molecule has 2 atom stereocenters. The van der Waals surface area contributed by atoms with Crippen molar-refractivity contribution in [2.75, 3.05) is 26.2 Å². The Balaban J connectivity index is 2.31. The van der Waals surface area contributed by atoms with Crippen molar-refractivity contribution in [1.29, 1.82) is 0 Å². The summed E-state index contributed by atoms with van der Waals surface area (Å²) < 4.78 is 0. The summed E-state index contributed by atoms with van der Waals surface area (Å²) in [5, 5.41) is 0. The van der Waals surface area contributed by atoms with Crippen LogP contribution in [0.2, 0.25) is 0 Å². The second-order valence-electron chi connectivity index (χ2n) is 4.84. The maximum Gasteiger partial charge on any atom is 0.185 e. The Kier molecular flexibility index (Phi) is 4.88. The first-order valence-corrected chi connectivity index (χ1v) is 5.85. The molecule has 88 valence electrons. The molecule has 0 spiro atoms. The molecule has 2 unspecified atom stereocenters. The van der Waals surface area contributed by atoms with E-state index in [0.717, 1.165) is 24.9 Å². The normalized spacial score (nSPS) is 28.4. The molecule has 1 aliphatic rings. The van der Waals surface area contributed by atoms with Gasteiger partial charge in [-0.25, -0.2) is 0 Å². The number of aliphatic imine (C=N–C) groups is 1. The molecule has 0 aromatic heterocycles. The fourth-order valence-electron chi connectivity index (χ4n) is 2.34. The van der Waals surface area contributed by atoms with E-state index in [2.05, 4.69) is 23.7 Å². The zero-order chi connectivity index (χ0) is 11.3. The smallest absolute Gasteiger partial charge is 0.185 e. The van der Waals surface area contributed by atoms with E-state index in [1.54, 1.807) is 0 Å². The van der Waals surface area contributed by atoms with E-state index < -0.39 is 0 Å². The highest BCUT2D eigenvalue weighted by atomic mass is 15.1. The van der Waals surface area contributed by atoms with Crippen molar-refractivity contribution in [1.82, 2.24) is 4.90 Å². The van der Waals surface area contributed by atoms with Crippen molar-refractivity contribution < 1.29 is 0 Å². The minimum atomic E-state index is 0.200. The van der Waals surface area contributed by atoms with Crippen molar-refractivity contribution in [2.45, 2.75) is 26.7 Å². The topological polar surface area (TPSA) is 67.6 Å². The summed E-state index contributed by atoms with van der Waals surface area (Å²) in [6, 6.07) is 0. The van der Waals surface area contributed by atoms with Crippen LogP contribution in [0.1, 0.15) is 26.7 Å². The molecule has 1 aliphatic heterocycles. The first kappa shape index (κ1) is 12.3. The third kappa shape index (κ3) is 5.02. The van der Waals surface area contributed by atoms with Gasteiger partial charge in [-0.2, -0.15) is 0 Å². The van der Waals surface area contributed by atoms with E-state index in [4.69, 9.17) is 11.5 Å². The maximum absolute atomic E-state index is 5.30. The van der Waals surface area contributed by atoms with Crippen molar-refractivity contribution in [3.8, 4) is 0 Å². The van der Waals surface area contributed by atoms with E-state index in [9.17, 15) is 0 Å². The van der Waals surface area contributed by atoms with Crippen LogP contribution in [0.3, 0.4) is 0 Å². The number of nitrogens with two attached hydrogens (primary N) is 2. The maximum atomic E-state index is 5.30. The van der Waals surface area contributed by atoms with Crippen LogP contribution in [0.5, 0.6) is 0 Å². The highest BCUT2D eigenvalue weighted by Crippen LogP contribution is 2.20. The fourth-order valence-corrected chi connectivity index (χ4v) is 2.34. The van der Waals surface area contributed by atoms with Crippen LogP contribution in [0.4, 0.5) is 0 Å². The number of likely N-dealkylation sites (tertiary alicyclic amines) is 1. The predicted octanol–water partition coefficient (Wildman–Crippen LogP) is 0.628. The van der Waals surface area contributed by atoms with Crippen LogP contribution in [0.25, 0.3) is 0 Å². The Morgan fingerprint density at radius 1 is 1.33 bits per heavy atom. The lowest BCUT2D eigenvalue weighted by molar-refractivity contribution is 0.263. The first-order valence-electron chi connectivity index (χ1n) is 5.85. The molecule has 1 saturated heterocycles. The van der Waals surface area contributed by atoms with Gasteiger partial charge in [-0.05, 0) is 31.2 Å². The van der Waals surface area contributed by atoms with Crippen LogP contribution < -0.4 is 11.5 Å².